The summed E-state index contributed by atoms with van der Waals surface area (Å²) in [5, 5.41) is 0. The number of hydrogen-bond donors (Lipinski definition) is 2. The Bertz CT molecular complexity index is 253. The first-order chi connectivity index (χ1) is 6.06. The molecule has 0 aromatic heterocycles. The van der Waals surface area contributed by atoms with Crippen LogP contribution in [-0.4, -0.2) is 6.04 Å². The van der Waals surface area contributed by atoms with Gasteiger partial charge in [-0.2, -0.15) is 0 Å². The second-order valence-corrected chi connectivity index (χ2v) is 3.95. The highest BCUT2D eigenvalue weighted by Gasteiger charge is 2.34. The molecule has 0 spiro atoms. The van der Waals surface area contributed by atoms with Gasteiger partial charge in [-0.3, -0.25) is 0 Å². The maximum Gasteiger partial charge on any atom is 0.0336 e. The Morgan fingerprint density at radius 2 is 2.08 bits per heavy atom. The molecule has 13 heavy (non-hydrogen) atoms. The molecule has 0 radical (unpaired) electrons. The predicted molar refractivity (Wildman–Crippen MR) is 57.0 cm³/mol. The summed E-state index contributed by atoms with van der Waals surface area (Å²) in [6.07, 6.45) is 6.12. The van der Waals surface area contributed by atoms with Crippen molar-refractivity contribution in [1.29, 1.82) is 0 Å². The average molecular weight is 180 g/mol. The van der Waals surface area contributed by atoms with Crippen molar-refractivity contribution in [3.63, 3.8) is 0 Å². The first kappa shape index (κ1) is 10.3. The van der Waals surface area contributed by atoms with Gasteiger partial charge in [0.1, 0.15) is 0 Å². The Morgan fingerprint density at radius 1 is 1.46 bits per heavy atom. The number of allylic oxidation sites excluding steroid dienone is 2. The fraction of sp³-hybridized carbons (Fsp3) is 0.636. The minimum atomic E-state index is -0.0416. The molecule has 0 amide bonds. The number of hydrogen-bond acceptors (Lipinski definition) is 2. The topological polar surface area (TPSA) is 52.0 Å². The van der Waals surface area contributed by atoms with Gasteiger partial charge >= 0.3 is 0 Å². The second-order valence-electron chi connectivity index (χ2n) is 3.95. The minimum absolute atomic E-state index is 0.0416. The SMILES string of the molecule is CCC1=C(N)C(C)(CC)C(N)C=C1. The van der Waals surface area contributed by atoms with Crippen LogP contribution < -0.4 is 11.5 Å². The molecule has 1 aliphatic carbocycles. The highest BCUT2D eigenvalue weighted by atomic mass is 14.8. The van der Waals surface area contributed by atoms with Crippen LogP contribution in [0.3, 0.4) is 0 Å². The molecule has 1 aliphatic rings. The van der Waals surface area contributed by atoms with E-state index in [1.165, 1.54) is 5.57 Å². The lowest BCUT2D eigenvalue weighted by atomic mass is 9.72. The van der Waals surface area contributed by atoms with Gasteiger partial charge in [0.15, 0.2) is 0 Å². The highest BCUT2D eigenvalue weighted by Crippen LogP contribution is 2.37. The van der Waals surface area contributed by atoms with E-state index < -0.39 is 0 Å². The van der Waals surface area contributed by atoms with E-state index in [-0.39, 0.29) is 11.5 Å². The molecule has 4 N–H and O–H groups in total. The van der Waals surface area contributed by atoms with Crippen LogP contribution >= 0.6 is 0 Å². The van der Waals surface area contributed by atoms with Gasteiger partial charge in [0.2, 0.25) is 0 Å². The van der Waals surface area contributed by atoms with E-state index in [2.05, 4.69) is 32.9 Å². The predicted octanol–water partition coefficient (Wildman–Crippen LogP) is 1.92. The van der Waals surface area contributed by atoms with Crippen LogP contribution in [0.2, 0.25) is 0 Å². The summed E-state index contributed by atoms with van der Waals surface area (Å²) in [7, 11) is 0. The van der Waals surface area contributed by atoms with Gasteiger partial charge in [-0.25, -0.2) is 0 Å². The Kier molecular flexibility index (Phi) is 2.81. The zero-order valence-electron chi connectivity index (χ0n) is 8.80. The Balaban J connectivity index is 3.09. The van der Waals surface area contributed by atoms with Gasteiger partial charge in [0.25, 0.3) is 0 Å². The van der Waals surface area contributed by atoms with Crippen molar-refractivity contribution >= 4 is 0 Å². The van der Waals surface area contributed by atoms with Crippen LogP contribution in [0.4, 0.5) is 0 Å². The highest BCUT2D eigenvalue weighted by molar-refractivity contribution is 5.35. The molecular weight excluding hydrogens is 160 g/mol. The van der Waals surface area contributed by atoms with Gasteiger partial charge in [0, 0.05) is 17.2 Å². The van der Waals surface area contributed by atoms with Crippen LogP contribution in [-0.2, 0) is 0 Å². The summed E-state index contributed by atoms with van der Waals surface area (Å²) in [4.78, 5) is 0. The molecule has 2 unspecified atom stereocenters. The summed E-state index contributed by atoms with van der Waals surface area (Å²) in [6, 6.07) is 0.0628. The summed E-state index contributed by atoms with van der Waals surface area (Å²) in [5.74, 6) is 0. The summed E-state index contributed by atoms with van der Waals surface area (Å²) < 4.78 is 0. The van der Waals surface area contributed by atoms with Crippen molar-refractivity contribution in [2.24, 2.45) is 16.9 Å². The molecule has 2 atom stereocenters. The van der Waals surface area contributed by atoms with Gasteiger partial charge < -0.3 is 11.5 Å². The van der Waals surface area contributed by atoms with Gasteiger partial charge in [0.05, 0.1) is 0 Å². The lowest BCUT2D eigenvalue weighted by Gasteiger charge is -2.37. The van der Waals surface area contributed by atoms with E-state index in [0.29, 0.717) is 0 Å². The van der Waals surface area contributed by atoms with Crippen LogP contribution in [0, 0.1) is 5.41 Å². The minimum Gasteiger partial charge on any atom is -0.401 e. The molecule has 0 fully saturated rings. The standard InChI is InChI=1S/C11H20N2/c1-4-8-6-7-9(12)11(3,5-2)10(8)13/h6-7,9H,4-5,12-13H2,1-3H3. The number of rotatable bonds is 2. The van der Waals surface area contributed by atoms with Crippen molar-refractivity contribution < 1.29 is 0 Å². The van der Waals surface area contributed by atoms with Crippen molar-refractivity contribution in [3.05, 3.63) is 23.4 Å². The lowest BCUT2D eigenvalue weighted by molar-refractivity contribution is 0.328. The maximum absolute atomic E-state index is 6.12. The Hall–Kier alpha value is -0.760. The van der Waals surface area contributed by atoms with E-state index in [4.69, 9.17) is 11.5 Å². The van der Waals surface area contributed by atoms with E-state index in [1.54, 1.807) is 0 Å². The van der Waals surface area contributed by atoms with Crippen LogP contribution in [0.5, 0.6) is 0 Å². The molecule has 2 heteroatoms. The molecule has 0 aliphatic heterocycles. The fourth-order valence-corrected chi connectivity index (χ4v) is 1.80. The molecular formula is C11H20N2. The molecule has 1 rings (SSSR count). The Labute approximate surface area is 80.7 Å². The maximum atomic E-state index is 6.12. The van der Waals surface area contributed by atoms with E-state index in [9.17, 15) is 0 Å². The van der Waals surface area contributed by atoms with Crippen molar-refractivity contribution in [2.75, 3.05) is 0 Å². The molecule has 0 aromatic rings. The van der Waals surface area contributed by atoms with Crippen LogP contribution in [0.25, 0.3) is 0 Å². The summed E-state index contributed by atoms with van der Waals surface area (Å²) in [5.41, 5.74) is 14.3. The van der Waals surface area contributed by atoms with Crippen LogP contribution in [0.1, 0.15) is 33.6 Å². The van der Waals surface area contributed by atoms with E-state index >= 15 is 0 Å². The molecule has 0 aromatic carbocycles. The summed E-state index contributed by atoms with van der Waals surface area (Å²) in [6.45, 7) is 6.41. The number of nitrogens with two attached hydrogens (primary N) is 2. The van der Waals surface area contributed by atoms with Crippen LogP contribution in [0.15, 0.2) is 23.4 Å². The third kappa shape index (κ3) is 1.51. The van der Waals surface area contributed by atoms with E-state index in [0.717, 1.165) is 18.5 Å². The van der Waals surface area contributed by atoms with Gasteiger partial charge in [-0.05, 0) is 18.4 Å². The average Bonchev–Trinajstić information content (AvgIpc) is 2.15. The quantitative estimate of drug-likeness (QED) is 0.682. The fourth-order valence-electron chi connectivity index (χ4n) is 1.80. The third-order valence-electron chi connectivity index (χ3n) is 3.32. The third-order valence-corrected chi connectivity index (χ3v) is 3.32. The van der Waals surface area contributed by atoms with Crippen molar-refractivity contribution in [3.8, 4) is 0 Å². The van der Waals surface area contributed by atoms with Gasteiger partial charge in [-0.1, -0.05) is 32.9 Å². The largest absolute Gasteiger partial charge is 0.401 e. The molecule has 0 saturated carbocycles. The van der Waals surface area contributed by atoms with Gasteiger partial charge in [-0.15, -0.1) is 0 Å². The first-order valence-electron chi connectivity index (χ1n) is 4.99. The second kappa shape index (κ2) is 3.54. The summed E-state index contributed by atoms with van der Waals surface area (Å²) >= 11 is 0. The molecule has 0 heterocycles. The lowest BCUT2D eigenvalue weighted by Crippen LogP contribution is -2.43. The molecule has 0 bridgehead atoms. The normalized spacial score (nSPS) is 34.0. The smallest absolute Gasteiger partial charge is 0.0336 e. The zero-order valence-corrected chi connectivity index (χ0v) is 8.80. The zero-order chi connectivity index (χ0) is 10.1. The monoisotopic (exact) mass is 180 g/mol. The van der Waals surface area contributed by atoms with Crippen molar-refractivity contribution in [2.45, 2.75) is 39.7 Å². The molecule has 0 saturated heterocycles. The molecule has 74 valence electrons. The Morgan fingerprint density at radius 3 is 2.54 bits per heavy atom. The van der Waals surface area contributed by atoms with Crippen molar-refractivity contribution in [1.82, 2.24) is 0 Å². The molecule has 2 nitrogen and oxygen atoms in total. The first-order valence-corrected chi connectivity index (χ1v) is 4.99. The van der Waals surface area contributed by atoms with E-state index in [1.807, 2.05) is 0 Å².